The number of methoxy groups -OCH3 is 1. The Morgan fingerprint density at radius 3 is 2.76 bits per heavy atom. The van der Waals surface area contributed by atoms with Crippen LogP contribution in [0.4, 0.5) is 0 Å². The molecule has 3 heterocycles. The summed E-state index contributed by atoms with van der Waals surface area (Å²) in [5.74, 6) is 1.44. The van der Waals surface area contributed by atoms with Crippen LogP contribution in [0.3, 0.4) is 0 Å². The molecule has 0 saturated heterocycles. The van der Waals surface area contributed by atoms with Crippen molar-refractivity contribution in [1.82, 2.24) is 34.7 Å². The first kappa shape index (κ1) is 22.9. The Hall–Kier alpha value is -4.28. The third-order valence-electron chi connectivity index (χ3n) is 5.05. The van der Waals surface area contributed by atoms with E-state index in [1.54, 1.807) is 23.8 Å². The second-order valence-corrected chi connectivity index (χ2v) is 7.83. The van der Waals surface area contributed by atoms with Crippen molar-refractivity contribution in [3.8, 4) is 23.0 Å². The maximum Gasteiger partial charge on any atom is 0.254 e. The number of amides is 1. The van der Waals surface area contributed by atoms with Gasteiger partial charge in [-0.2, -0.15) is 4.52 Å². The number of benzene rings is 1. The molecule has 0 atom stereocenters. The first-order valence-corrected chi connectivity index (χ1v) is 10.8. The van der Waals surface area contributed by atoms with Gasteiger partial charge in [-0.05, 0) is 24.1 Å². The number of ether oxygens (including phenoxy) is 2. The van der Waals surface area contributed by atoms with Gasteiger partial charge in [0.1, 0.15) is 18.9 Å². The second-order valence-electron chi connectivity index (χ2n) is 7.83. The Bertz CT molecular complexity index is 1360. The lowest BCUT2D eigenvalue weighted by Gasteiger charge is -2.10. The van der Waals surface area contributed by atoms with Crippen LogP contribution in [0.5, 0.6) is 11.6 Å². The molecule has 0 fully saturated rings. The SMILES string of the molecule is COc1cccc(-c2nnc3ccc(OCCNC(=O)Cn4cnc(C(C)C)cc4=O)nn23)c1. The maximum absolute atomic E-state index is 12.2. The van der Waals surface area contributed by atoms with Crippen LogP contribution in [0.1, 0.15) is 25.5 Å². The van der Waals surface area contributed by atoms with E-state index in [-0.39, 0.29) is 37.1 Å². The molecule has 11 heteroatoms. The third-order valence-corrected chi connectivity index (χ3v) is 5.05. The number of carbonyl (C=O) groups is 1. The molecule has 0 aliphatic heterocycles. The smallest absolute Gasteiger partial charge is 0.254 e. The van der Waals surface area contributed by atoms with E-state index in [9.17, 15) is 9.59 Å². The first-order chi connectivity index (χ1) is 16.4. The van der Waals surface area contributed by atoms with Gasteiger partial charge in [0.2, 0.25) is 11.8 Å². The van der Waals surface area contributed by atoms with Gasteiger partial charge in [0.25, 0.3) is 5.56 Å². The summed E-state index contributed by atoms with van der Waals surface area (Å²) in [7, 11) is 1.60. The van der Waals surface area contributed by atoms with Crippen molar-refractivity contribution >= 4 is 11.6 Å². The van der Waals surface area contributed by atoms with E-state index >= 15 is 0 Å². The molecule has 0 unspecified atom stereocenters. The number of carbonyl (C=O) groups excluding carboxylic acids is 1. The number of hydrogen-bond acceptors (Lipinski definition) is 8. The molecule has 4 rings (SSSR count). The van der Waals surface area contributed by atoms with Crippen molar-refractivity contribution < 1.29 is 14.3 Å². The van der Waals surface area contributed by atoms with Gasteiger partial charge in [-0.25, -0.2) is 4.98 Å². The summed E-state index contributed by atoms with van der Waals surface area (Å²) < 4.78 is 13.8. The molecular weight excluding hydrogens is 438 g/mol. The fourth-order valence-corrected chi connectivity index (χ4v) is 3.22. The summed E-state index contributed by atoms with van der Waals surface area (Å²) in [5, 5.41) is 15.5. The molecule has 1 aromatic carbocycles. The molecule has 0 saturated carbocycles. The van der Waals surface area contributed by atoms with E-state index in [0.717, 1.165) is 5.56 Å². The van der Waals surface area contributed by atoms with Crippen LogP contribution < -0.4 is 20.3 Å². The molecule has 0 spiro atoms. The summed E-state index contributed by atoms with van der Waals surface area (Å²) in [6.07, 6.45) is 1.39. The zero-order valence-corrected chi connectivity index (χ0v) is 19.1. The number of rotatable bonds is 9. The molecule has 1 N–H and O–H groups in total. The Kier molecular flexibility index (Phi) is 6.81. The van der Waals surface area contributed by atoms with E-state index in [2.05, 4.69) is 25.6 Å². The summed E-state index contributed by atoms with van der Waals surface area (Å²) in [6.45, 7) is 4.23. The van der Waals surface area contributed by atoms with E-state index in [1.807, 2.05) is 38.1 Å². The van der Waals surface area contributed by atoms with E-state index in [0.29, 0.717) is 28.8 Å². The monoisotopic (exact) mass is 463 g/mol. The predicted molar refractivity (Wildman–Crippen MR) is 124 cm³/mol. The molecule has 4 aromatic rings. The van der Waals surface area contributed by atoms with Crippen molar-refractivity contribution in [2.24, 2.45) is 0 Å². The first-order valence-electron chi connectivity index (χ1n) is 10.8. The van der Waals surface area contributed by atoms with Gasteiger partial charge in [0.15, 0.2) is 11.5 Å². The van der Waals surface area contributed by atoms with Crippen LogP contribution in [-0.4, -0.2) is 55.5 Å². The Morgan fingerprint density at radius 1 is 1.15 bits per heavy atom. The standard InChI is InChI=1S/C23H25N7O4/c1-15(2)18-12-22(32)29(14-25-18)13-20(31)24-9-10-34-21-8-7-19-26-27-23(30(19)28-21)16-5-4-6-17(11-16)33-3/h4-8,11-12,14-15H,9-10,13H2,1-3H3,(H,24,31). The molecular formula is C23H25N7O4. The lowest BCUT2D eigenvalue weighted by Crippen LogP contribution is -2.34. The highest BCUT2D eigenvalue weighted by atomic mass is 16.5. The summed E-state index contributed by atoms with van der Waals surface area (Å²) >= 11 is 0. The zero-order valence-electron chi connectivity index (χ0n) is 19.1. The third kappa shape index (κ3) is 5.20. The minimum absolute atomic E-state index is 0.112. The highest BCUT2D eigenvalue weighted by Crippen LogP contribution is 2.23. The van der Waals surface area contributed by atoms with Gasteiger partial charge in [-0.1, -0.05) is 26.0 Å². The summed E-state index contributed by atoms with van der Waals surface area (Å²) in [5.41, 5.74) is 1.81. The Balaban J connectivity index is 1.34. The van der Waals surface area contributed by atoms with Gasteiger partial charge in [0, 0.05) is 17.7 Å². The average molecular weight is 463 g/mol. The van der Waals surface area contributed by atoms with E-state index in [4.69, 9.17) is 9.47 Å². The van der Waals surface area contributed by atoms with Gasteiger partial charge in [-0.3, -0.25) is 14.2 Å². The fraction of sp³-hybridized carbons (Fsp3) is 0.304. The van der Waals surface area contributed by atoms with Crippen LogP contribution in [0, 0.1) is 0 Å². The van der Waals surface area contributed by atoms with Gasteiger partial charge >= 0.3 is 0 Å². The van der Waals surface area contributed by atoms with Crippen molar-refractivity contribution in [2.75, 3.05) is 20.3 Å². The molecule has 11 nitrogen and oxygen atoms in total. The van der Waals surface area contributed by atoms with Crippen molar-refractivity contribution in [3.05, 3.63) is 64.8 Å². The minimum atomic E-state index is -0.313. The van der Waals surface area contributed by atoms with Crippen LogP contribution in [-0.2, 0) is 11.3 Å². The highest BCUT2D eigenvalue weighted by molar-refractivity contribution is 5.75. The zero-order chi connectivity index (χ0) is 24.1. The number of fused-ring (bicyclic) bond motifs is 1. The molecule has 34 heavy (non-hydrogen) atoms. The second kappa shape index (κ2) is 10.1. The van der Waals surface area contributed by atoms with Gasteiger partial charge in [0.05, 0.1) is 25.7 Å². The lowest BCUT2D eigenvalue weighted by molar-refractivity contribution is -0.121. The molecule has 0 radical (unpaired) electrons. The van der Waals surface area contributed by atoms with E-state index < -0.39 is 0 Å². The number of hydrogen-bond donors (Lipinski definition) is 1. The van der Waals surface area contributed by atoms with Crippen LogP contribution in [0.15, 0.2) is 53.6 Å². The highest BCUT2D eigenvalue weighted by Gasteiger charge is 2.12. The van der Waals surface area contributed by atoms with Crippen LogP contribution in [0.25, 0.3) is 17.0 Å². The van der Waals surface area contributed by atoms with E-state index in [1.165, 1.54) is 17.0 Å². The van der Waals surface area contributed by atoms with Gasteiger partial charge < -0.3 is 14.8 Å². The molecule has 3 aromatic heterocycles. The number of nitrogens with zero attached hydrogens (tertiary/aromatic N) is 6. The average Bonchev–Trinajstić information content (AvgIpc) is 3.26. The van der Waals surface area contributed by atoms with Crippen LogP contribution in [0.2, 0.25) is 0 Å². The summed E-state index contributed by atoms with van der Waals surface area (Å²) in [6, 6.07) is 12.3. The largest absolute Gasteiger partial charge is 0.497 e. The van der Waals surface area contributed by atoms with Crippen molar-refractivity contribution in [3.63, 3.8) is 0 Å². The number of aromatic nitrogens is 6. The van der Waals surface area contributed by atoms with Crippen molar-refractivity contribution in [1.29, 1.82) is 0 Å². The predicted octanol–water partition coefficient (Wildman–Crippen LogP) is 1.68. The molecule has 0 aliphatic rings. The maximum atomic E-state index is 12.2. The molecule has 1 amide bonds. The molecule has 0 bridgehead atoms. The lowest BCUT2D eigenvalue weighted by atomic mass is 10.1. The molecule has 176 valence electrons. The minimum Gasteiger partial charge on any atom is -0.497 e. The Morgan fingerprint density at radius 2 is 2.00 bits per heavy atom. The number of nitrogens with one attached hydrogen (secondary N) is 1. The summed E-state index contributed by atoms with van der Waals surface area (Å²) in [4.78, 5) is 28.5. The topological polar surface area (TPSA) is 126 Å². The normalized spacial score (nSPS) is 11.1. The van der Waals surface area contributed by atoms with Gasteiger partial charge in [-0.15, -0.1) is 15.3 Å². The quantitative estimate of drug-likeness (QED) is 0.372. The van der Waals surface area contributed by atoms with Crippen LogP contribution >= 0.6 is 0 Å². The Labute approximate surface area is 195 Å². The fourth-order valence-electron chi connectivity index (χ4n) is 3.22. The van der Waals surface area contributed by atoms with Crippen molar-refractivity contribution in [2.45, 2.75) is 26.3 Å². The molecule has 0 aliphatic carbocycles.